The van der Waals surface area contributed by atoms with Gasteiger partial charge < -0.3 is 18.2 Å². The standard InChI is InChI=1S/C16H25N4O3PS2/c1-12(2)22-24(21,23-13(3)4)14(26-16-18-8-10-20(16)6)11-25-15-17-7-9-19(15)5/h7-13H,1-6H3/b14-11-. The molecule has 0 amide bonds. The topological polar surface area (TPSA) is 71.2 Å². The van der Waals surface area contributed by atoms with Crippen molar-refractivity contribution in [2.75, 3.05) is 0 Å². The van der Waals surface area contributed by atoms with Gasteiger partial charge in [0.25, 0.3) is 0 Å². The summed E-state index contributed by atoms with van der Waals surface area (Å²) < 4.78 is 29.4. The summed E-state index contributed by atoms with van der Waals surface area (Å²) in [5.41, 5.74) is 0. The predicted octanol–water partition coefficient (Wildman–Crippen LogP) is 4.88. The Kier molecular flexibility index (Phi) is 7.61. The minimum atomic E-state index is -3.52. The zero-order valence-electron chi connectivity index (χ0n) is 15.8. The van der Waals surface area contributed by atoms with E-state index in [2.05, 4.69) is 9.97 Å². The van der Waals surface area contributed by atoms with Gasteiger partial charge in [0.2, 0.25) is 0 Å². The molecule has 0 saturated heterocycles. The van der Waals surface area contributed by atoms with Crippen LogP contribution >= 0.6 is 31.1 Å². The van der Waals surface area contributed by atoms with Gasteiger partial charge >= 0.3 is 7.60 Å². The van der Waals surface area contributed by atoms with Crippen LogP contribution in [0.3, 0.4) is 0 Å². The molecule has 0 aromatic carbocycles. The summed E-state index contributed by atoms with van der Waals surface area (Å²) in [6, 6.07) is 0. The molecule has 144 valence electrons. The zero-order chi connectivity index (χ0) is 19.3. The van der Waals surface area contributed by atoms with Gasteiger partial charge in [-0.15, -0.1) is 0 Å². The van der Waals surface area contributed by atoms with Crippen molar-refractivity contribution >= 4 is 31.1 Å². The summed E-state index contributed by atoms with van der Waals surface area (Å²) in [7, 11) is 0.268. The molecule has 0 fully saturated rings. The number of nitrogens with zero attached hydrogens (tertiary/aromatic N) is 4. The number of thioether (sulfide) groups is 2. The smallest absolute Gasteiger partial charge is 0.329 e. The second kappa shape index (κ2) is 9.28. The lowest BCUT2D eigenvalue weighted by molar-refractivity contribution is 0.148. The monoisotopic (exact) mass is 416 g/mol. The molecule has 2 heterocycles. The van der Waals surface area contributed by atoms with Crippen LogP contribution in [-0.4, -0.2) is 31.3 Å². The second-order valence-electron chi connectivity index (χ2n) is 6.12. The highest BCUT2D eigenvalue weighted by molar-refractivity contribution is 8.11. The number of rotatable bonds is 9. The summed E-state index contributed by atoms with van der Waals surface area (Å²) >= 11 is 2.65. The van der Waals surface area contributed by atoms with Gasteiger partial charge in [0.1, 0.15) is 4.65 Å². The Hall–Kier alpha value is -0.990. The quantitative estimate of drug-likeness (QED) is 0.426. The Morgan fingerprint density at radius 3 is 1.96 bits per heavy atom. The molecule has 0 aliphatic rings. The van der Waals surface area contributed by atoms with E-state index in [0.717, 1.165) is 5.16 Å². The van der Waals surface area contributed by atoms with E-state index < -0.39 is 7.60 Å². The highest BCUT2D eigenvalue weighted by atomic mass is 32.2. The third-order valence-electron chi connectivity index (χ3n) is 2.98. The Morgan fingerprint density at radius 2 is 1.54 bits per heavy atom. The average Bonchev–Trinajstić information content (AvgIpc) is 3.10. The van der Waals surface area contributed by atoms with Crippen molar-refractivity contribution in [2.24, 2.45) is 14.1 Å². The van der Waals surface area contributed by atoms with E-state index in [1.165, 1.54) is 23.5 Å². The summed E-state index contributed by atoms with van der Waals surface area (Å²) in [5, 5.41) is 3.27. The van der Waals surface area contributed by atoms with Gasteiger partial charge in [-0.1, -0.05) is 11.8 Å². The molecule has 2 aromatic heterocycles. The first-order chi connectivity index (χ1) is 12.2. The molecule has 0 atom stereocenters. The SMILES string of the molecule is CC(C)OP(=O)(OC(C)C)/C(=C/Sc1nccn1C)Sc1nccn1C. The molecule has 7 nitrogen and oxygen atoms in total. The van der Waals surface area contributed by atoms with Gasteiger partial charge in [0.05, 0.1) is 12.2 Å². The molecule has 2 aromatic rings. The number of hydrogen-bond donors (Lipinski definition) is 0. The molecule has 0 spiro atoms. The van der Waals surface area contributed by atoms with Crippen molar-refractivity contribution in [3.8, 4) is 0 Å². The van der Waals surface area contributed by atoms with E-state index in [0.29, 0.717) is 9.80 Å². The van der Waals surface area contributed by atoms with E-state index in [4.69, 9.17) is 9.05 Å². The van der Waals surface area contributed by atoms with E-state index in [1.54, 1.807) is 17.8 Å². The van der Waals surface area contributed by atoms with Gasteiger partial charge in [-0.2, -0.15) is 0 Å². The Bertz CT molecular complexity index is 787. The zero-order valence-corrected chi connectivity index (χ0v) is 18.3. The maximum absolute atomic E-state index is 13.6. The molecule has 0 aliphatic carbocycles. The molecule has 0 unspecified atom stereocenters. The third kappa shape index (κ3) is 5.76. The first-order valence-corrected chi connectivity index (χ1v) is 11.4. The highest BCUT2D eigenvalue weighted by Crippen LogP contribution is 2.63. The molecule has 0 aliphatic heterocycles. The summed E-state index contributed by atoms with van der Waals surface area (Å²) in [5.74, 6) is 0. The lowest BCUT2D eigenvalue weighted by Gasteiger charge is -2.24. The molecule has 0 radical (unpaired) electrons. The maximum Gasteiger partial charge on any atom is 0.369 e. The minimum Gasteiger partial charge on any atom is -0.329 e. The Labute approximate surface area is 163 Å². The van der Waals surface area contributed by atoms with Crippen LogP contribution in [0.15, 0.2) is 45.2 Å². The van der Waals surface area contributed by atoms with Crippen molar-refractivity contribution in [3.05, 3.63) is 34.8 Å². The van der Waals surface area contributed by atoms with Gasteiger partial charge in [-0.05, 0) is 39.5 Å². The lowest BCUT2D eigenvalue weighted by atomic mass is 10.5. The van der Waals surface area contributed by atoms with Crippen LogP contribution in [0.5, 0.6) is 0 Å². The molecule has 26 heavy (non-hydrogen) atoms. The van der Waals surface area contributed by atoms with E-state index in [9.17, 15) is 4.57 Å². The normalized spacial score (nSPS) is 13.2. The number of imidazole rings is 2. The van der Waals surface area contributed by atoms with Crippen LogP contribution in [0.25, 0.3) is 0 Å². The highest BCUT2D eigenvalue weighted by Gasteiger charge is 2.35. The van der Waals surface area contributed by atoms with Crippen molar-refractivity contribution in [1.82, 2.24) is 19.1 Å². The molecular weight excluding hydrogens is 391 g/mol. The molecule has 0 N–H and O–H groups in total. The van der Waals surface area contributed by atoms with Crippen LogP contribution in [0.4, 0.5) is 0 Å². The van der Waals surface area contributed by atoms with E-state index >= 15 is 0 Å². The molecule has 2 rings (SSSR count). The van der Waals surface area contributed by atoms with Crippen molar-refractivity contribution in [2.45, 2.75) is 50.2 Å². The van der Waals surface area contributed by atoms with Crippen molar-refractivity contribution in [3.63, 3.8) is 0 Å². The van der Waals surface area contributed by atoms with Gasteiger partial charge in [-0.3, -0.25) is 4.57 Å². The van der Waals surface area contributed by atoms with Gasteiger partial charge in [0.15, 0.2) is 10.3 Å². The van der Waals surface area contributed by atoms with Crippen LogP contribution < -0.4 is 0 Å². The summed E-state index contributed by atoms with van der Waals surface area (Å²) in [6.45, 7) is 7.35. The first kappa shape index (κ1) is 21.3. The Morgan fingerprint density at radius 1 is 1.04 bits per heavy atom. The second-order valence-corrected chi connectivity index (χ2v) is 10.2. The molecule has 0 saturated carbocycles. The number of aryl methyl sites for hydroxylation is 2. The van der Waals surface area contributed by atoms with Gasteiger partial charge in [0, 0.05) is 44.3 Å². The predicted molar refractivity (Wildman–Crippen MR) is 106 cm³/mol. The molecular formula is C16H25N4O3PS2. The summed E-state index contributed by atoms with van der Waals surface area (Å²) in [6.07, 6.45) is 6.62. The first-order valence-electron chi connectivity index (χ1n) is 8.18. The average molecular weight is 417 g/mol. The fraction of sp³-hybridized carbons (Fsp3) is 0.500. The largest absolute Gasteiger partial charge is 0.369 e. The van der Waals surface area contributed by atoms with Crippen molar-refractivity contribution in [1.29, 1.82) is 0 Å². The molecule has 10 heteroatoms. The van der Waals surface area contributed by atoms with Crippen LogP contribution in [0, 0.1) is 0 Å². The summed E-state index contributed by atoms with van der Waals surface area (Å²) in [4.78, 5) is 8.60. The van der Waals surface area contributed by atoms with Crippen LogP contribution in [0.2, 0.25) is 0 Å². The van der Waals surface area contributed by atoms with E-state index in [1.807, 2.05) is 63.3 Å². The van der Waals surface area contributed by atoms with Gasteiger partial charge in [-0.25, -0.2) is 9.97 Å². The van der Waals surface area contributed by atoms with Crippen LogP contribution in [0.1, 0.15) is 27.7 Å². The fourth-order valence-electron chi connectivity index (χ4n) is 1.94. The lowest BCUT2D eigenvalue weighted by Crippen LogP contribution is -2.09. The van der Waals surface area contributed by atoms with Crippen LogP contribution in [-0.2, 0) is 27.7 Å². The number of hydrogen-bond acceptors (Lipinski definition) is 7. The molecule has 0 bridgehead atoms. The fourth-order valence-corrected chi connectivity index (χ4v) is 6.33. The Balaban J connectivity index is 2.40. The van der Waals surface area contributed by atoms with E-state index in [-0.39, 0.29) is 12.2 Å². The third-order valence-corrected chi connectivity index (χ3v) is 8.18. The maximum atomic E-state index is 13.6. The number of aromatic nitrogens is 4. The van der Waals surface area contributed by atoms with Crippen molar-refractivity contribution < 1.29 is 13.6 Å². The minimum absolute atomic E-state index is 0.247.